The van der Waals surface area contributed by atoms with Gasteiger partial charge in [-0.25, -0.2) is 4.98 Å². The van der Waals surface area contributed by atoms with Gasteiger partial charge in [0.05, 0.1) is 0 Å². The second-order valence-corrected chi connectivity index (χ2v) is 9.74. The normalized spacial score (nSPS) is 18.4. The number of hydrogen-bond acceptors (Lipinski definition) is 5. The van der Waals surface area contributed by atoms with Crippen LogP contribution in [-0.2, 0) is 13.1 Å². The van der Waals surface area contributed by atoms with Gasteiger partial charge in [-0.2, -0.15) is 4.98 Å². The Bertz CT molecular complexity index is 1250. The molecule has 0 amide bonds. The average molecular weight is 457 g/mol. The van der Waals surface area contributed by atoms with Gasteiger partial charge in [-0.15, -0.1) is 0 Å². The molecule has 6 heteroatoms. The summed E-state index contributed by atoms with van der Waals surface area (Å²) in [6.07, 6.45) is 6.65. The van der Waals surface area contributed by atoms with Crippen LogP contribution in [-0.4, -0.2) is 41.2 Å². The van der Waals surface area contributed by atoms with Crippen molar-refractivity contribution in [1.82, 2.24) is 19.9 Å². The number of hydrogen-bond donors (Lipinski definition) is 2. The maximum Gasteiger partial charge on any atom is 0.224 e. The van der Waals surface area contributed by atoms with Gasteiger partial charge in [-0.3, -0.25) is 0 Å². The minimum absolute atomic E-state index is 0.465. The lowest BCUT2D eigenvalue weighted by atomic mass is 9.86. The zero-order chi connectivity index (χ0) is 23.5. The quantitative estimate of drug-likeness (QED) is 0.370. The molecule has 2 N–H and O–H groups in total. The van der Waals surface area contributed by atoms with Crippen molar-refractivity contribution in [2.45, 2.75) is 51.7 Å². The second-order valence-electron chi connectivity index (χ2n) is 9.74. The van der Waals surface area contributed by atoms with E-state index in [2.05, 4.69) is 74.6 Å². The fourth-order valence-corrected chi connectivity index (χ4v) is 5.33. The Balaban J connectivity index is 1.14. The third-order valence-electron chi connectivity index (χ3n) is 7.19. The van der Waals surface area contributed by atoms with Gasteiger partial charge in [0.1, 0.15) is 5.82 Å². The molecular weight excluding hydrogens is 420 g/mol. The molecule has 2 aromatic heterocycles. The molecular formula is C28H36N6. The molecule has 4 aromatic rings. The lowest BCUT2D eigenvalue weighted by molar-refractivity contribution is 0.324. The van der Waals surface area contributed by atoms with Crippen LogP contribution in [0, 0.1) is 5.92 Å². The van der Waals surface area contributed by atoms with Crippen molar-refractivity contribution in [3.8, 4) is 0 Å². The summed E-state index contributed by atoms with van der Waals surface area (Å²) in [5.41, 5.74) is 4.02. The number of para-hydroxylation sites is 1. The smallest absolute Gasteiger partial charge is 0.224 e. The van der Waals surface area contributed by atoms with E-state index in [-0.39, 0.29) is 0 Å². The second kappa shape index (κ2) is 10.0. The summed E-state index contributed by atoms with van der Waals surface area (Å²) < 4.78 is 2.41. The molecule has 1 aliphatic rings. The minimum atomic E-state index is 0.465. The van der Waals surface area contributed by atoms with E-state index >= 15 is 0 Å². The van der Waals surface area contributed by atoms with Gasteiger partial charge in [0.15, 0.2) is 0 Å². The van der Waals surface area contributed by atoms with Crippen LogP contribution < -0.4 is 15.5 Å². The van der Waals surface area contributed by atoms with Gasteiger partial charge in [0.2, 0.25) is 5.95 Å². The molecule has 2 aromatic carbocycles. The molecule has 0 bridgehead atoms. The van der Waals surface area contributed by atoms with Gasteiger partial charge >= 0.3 is 0 Å². The summed E-state index contributed by atoms with van der Waals surface area (Å²) in [6, 6.07) is 18.1. The third kappa shape index (κ3) is 4.73. The molecule has 2 heterocycles. The van der Waals surface area contributed by atoms with Crippen LogP contribution in [0.5, 0.6) is 0 Å². The van der Waals surface area contributed by atoms with Crippen molar-refractivity contribution >= 4 is 33.6 Å². The summed E-state index contributed by atoms with van der Waals surface area (Å²) in [6.45, 7) is 5.21. The average Bonchev–Trinajstić information content (AvgIpc) is 3.18. The topological polar surface area (TPSA) is 58.0 Å². The Morgan fingerprint density at radius 2 is 1.76 bits per heavy atom. The van der Waals surface area contributed by atoms with Crippen LogP contribution in [0.4, 0.5) is 11.8 Å². The Labute approximate surface area is 202 Å². The van der Waals surface area contributed by atoms with Crippen molar-refractivity contribution in [3.63, 3.8) is 0 Å². The Hall–Kier alpha value is -3.12. The van der Waals surface area contributed by atoms with E-state index in [1.807, 2.05) is 31.3 Å². The van der Waals surface area contributed by atoms with E-state index < -0.39 is 0 Å². The molecule has 34 heavy (non-hydrogen) atoms. The predicted octanol–water partition coefficient (Wildman–Crippen LogP) is 5.43. The van der Waals surface area contributed by atoms with Gasteiger partial charge in [0, 0.05) is 61.2 Å². The van der Waals surface area contributed by atoms with Crippen molar-refractivity contribution in [2.75, 3.05) is 30.9 Å². The van der Waals surface area contributed by atoms with Gasteiger partial charge in [0.25, 0.3) is 0 Å². The predicted molar refractivity (Wildman–Crippen MR) is 143 cm³/mol. The molecule has 1 aliphatic carbocycles. The number of rotatable bonds is 8. The summed E-state index contributed by atoms with van der Waals surface area (Å²) in [4.78, 5) is 11.0. The lowest BCUT2D eigenvalue weighted by Crippen LogP contribution is -2.31. The summed E-state index contributed by atoms with van der Waals surface area (Å²) in [5.74, 6) is 2.42. The number of aryl methyl sites for hydroxylation is 1. The molecule has 0 unspecified atom stereocenters. The van der Waals surface area contributed by atoms with Crippen LogP contribution in [0.3, 0.4) is 0 Å². The molecule has 6 nitrogen and oxygen atoms in total. The molecule has 1 fully saturated rings. The Morgan fingerprint density at radius 3 is 2.56 bits per heavy atom. The van der Waals surface area contributed by atoms with E-state index in [1.165, 1.54) is 53.1 Å². The van der Waals surface area contributed by atoms with Crippen LogP contribution in [0.2, 0.25) is 0 Å². The SMILES string of the molecule is CCn1c2ccccc2c2cc(CNCC3CCC(Nc4nccc(N(C)C)n4)CC3)ccc21. The lowest BCUT2D eigenvalue weighted by Gasteiger charge is -2.29. The zero-order valence-corrected chi connectivity index (χ0v) is 20.6. The van der Waals surface area contributed by atoms with E-state index in [1.54, 1.807) is 0 Å². The molecule has 5 rings (SSSR count). The van der Waals surface area contributed by atoms with Crippen molar-refractivity contribution < 1.29 is 0 Å². The van der Waals surface area contributed by atoms with Gasteiger partial charge in [-0.05, 0) is 74.9 Å². The van der Waals surface area contributed by atoms with Crippen molar-refractivity contribution in [2.24, 2.45) is 5.92 Å². The van der Waals surface area contributed by atoms with Gasteiger partial charge in [-0.1, -0.05) is 24.3 Å². The number of nitrogens with zero attached hydrogens (tertiary/aromatic N) is 4. The van der Waals surface area contributed by atoms with Crippen LogP contribution in [0.25, 0.3) is 21.8 Å². The molecule has 0 saturated heterocycles. The van der Waals surface area contributed by atoms with Crippen molar-refractivity contribution in [3.05, 3.63) is 60.3 Å². The first-order valence-electron chi connectivity index (χ1n) is 12.6. The number of anilines is 2. The van der Waals surface area contributed by atoms with Crippen LogP contribution in [0.1, 0.15) is 38.2 Å². The highest BCUT2D eigenvalue weighted by molar-refractivity contribution is 6.08. The number of aromatic nitrogens is 3. The van der Waals surface area contributed by atoms with Gasteiger partial charge < -0.3 is 20.1 Å². The fourth-order valence-electron chi connectivity index (χ4n) is 5.33. The highest BCUT2D eigenvalue weighted by Gasteiger charge is 2.21. The molecule has 178 valence electrons. The third-order valence-corrected chi connectivity index (χ3v) is 7.19. The highest BCUT2D eigenvalue weighted by atomic mass is 15.2. The van der Waals surface area contributed by atoms with E-state index in [0.717, 1.165) is 37.3 Å². The number of nitrogens with one attached hydrogen (secondary N) is 2. The number of benzene rings is 2. The van der Waals surface area contributed by atoms with Crippen LogP contribution >= 0.6 is 0 Å². The number of fused-ring (bicyclic) bond motifs is 3. The molecule has 0 radical (unpaired) electrons. The fraction of sp³-hybridized carbons (Fsp3) is 0.429. The summed E-state index contributed by atoms with van der Waals surface area (Å²) in [5, 5.41) is 10.00. The maximum atomic E-state index is 4.61. The first kappa shape index (κ1) is 22.7. The van der Waals surface area contributed by atoms with Crippen LogP contribution in [0.15, 0.2) is 54.7 Å². The largest absolute Gasteiger partial charge is 0.363 e. The first-order valence-corrected chi connectivity index (χ1v) is 12.6. The molecule has 0 atom stereocenters. The highest BCUT2D eigenvalue weighted by Crippen LogP contribution is 2.30. The Morgan fingerprint density at radius 1 is 0.971 bits per heavy atom. The first-order chi connectivity index (χ1) is 16.6. The zero-order valence-electron chi connectivity index (χ0n) is 20.6. The maximum absolute atomic E-state index is 4.61. The van der Waals surface area contributed by atoms with Crippen molar-refractivity contribution in [1.29, 1.82) is 0 Å². The van der Waals surface area contributed by atoms with E-state index in [9.17, 15) is 0 Å². The minimum Gasteiger partial charge on any atom is -0.363 e. The summed E-state index contributed by atoms with van der Waals surface area (Å²) in [7, 11) is 4.01. The summed E-state index contributed by atoms with van der Waals surface area (Å²) >= 11 is 0. The molecule has 0 spiro atoms. The standard InChI is InChI=1S/C28H36N6/c1-4-34-25-8-6-5-7-23(25)24-17-21(11-14-26(24)34)19-29-18-20-9-12-22(13-10-20)31-28-30-16-15-27(32-28)33(2)3/h5-8,11,14-17,20,22,29H,4,9-10,12-13,18-19H2,1-3H3,(H,30,31,32). The van der Waals surface area contributed by atoms with E-state index in [0.29, 0.717) is 6.04 Å². The molecule has 1 saturated carbocycles. The Kier molecular flexibility index (Phi) is 6.68. The monoisotopic (exact) mass is 456 g/mol. The van der Waals surface area contributed by atoms with E-state index in [4.69, 9.17) is 0 Å². The molecule has 0 aliphatic heterocycles.